The summed E-state index contributed by atoms with van der Waals surface area (Å²) in [6, 6.07) is 9.16. The van der Waals surface area contributed by atoms with Crippen molar-refractivity contribution in [1.82, 2.24) is 0 Å². The Kier molecular flexibility index (Phi) is 4.29. The van der Waals surface area contributed by atoms with Crippen molar-refractivity contribution in [2.45, 2.75) is 0 Å². The van der Waals surface area contributed by atoms with Gasteiger partial charge < -0.3 is 4.74 Å². The number of ether oxygens (including phenoxy) is 1. The molecule has 0 bridgehead atoms. The fraction of sp³-hybridized carbons (Fsp3) is 0. The molecule has 0 aromatic heterocycles. The van der Waals surface area contributed by atoms with Crippen molar-refractivity contribution in [3.05, 3.63) is 61.0 Å². The van der Waals surface area contributed by atoms with Gasteiger partial charge in [-0.2, -0.15) is 0 Å². The summed E-state index contributed by atoms with van der Waals surface area (Å²) in [5.74, 6) is 0.506. The van der Waals surface area contributed by atoms with Gasteiger partial charge in [-0.05, 0) is 24.3 Å². The zero-order valence-electron chi connectivity index (χ0n) is 9.27. The minimum atomic E-state index is -0.516. The number of hydrogen-bond donors (Lipinski definition) is 0. The molecular formula is C12H6BrCl2NO3. The minimum Gasteiger partial charge on any atom is -0.450 e. The number of nitro benzene ring substituents is 1. The summed E-state index contributed by atoms with van der Waals surface area (Å²) in [4.78, 5) is 10.4. The Morgan fingerprint density at radius 1 is 1.11 bits per heavy atom. The number of nitrogens with zero attached hydrogens (tertiary/aromatic N) is 1. The van der Waals surface area contributed by atoms with Crippen molar-refractivity contribution in [1.29, 1.82) is 0 Å². The lowest BCUT2D eigenvalue weighted by atomic mass is 10.3. The van der Waals surface area contributed by atoms with Crippen molar-refractivity contribution >= 4 is 44.8 Å². The lowest BCUT2D eigenvalue weighted by Gasteiger charge is -2.07. The van der Waals surface area contributed by atoms with Crippen molar-refractivity contribution < 1.29 is 9.66 Å². The zero-order valence-corrected chi connectivity index (χ0v) is 12.4. The fourth-order valence-electron chi connectivity index (χ4n) is 1.39. The monoisotopic (exact) mass is 361 g/mol. The van der Waals surface area contributed by atoms with Crippen LogP contribution in [0.1, 0.15) is 0 Å². The second-order valence-electron chi connectivity index (χ2n) is 3.55. The number of rotatable bonds is 3. The van der Waals surface area contributed by atoms with Gasteiger partial charge in [-0.25, -0.2) is 0 Å². The van der Waals surface area contributed by atoms with E-state index in [1.165, 1.54) is 18.2 Å². The lowest BCUT2D eigenvalue weighted by Crippen LogP contribution is -1.93. The van der Waals surface area contributed by atoms with E-state index in [-0.39, 0.29) is 11.4 Å². The van der Waals surface area contributed by atoms with Crippen molar-refractivity contribution in [3.8, 4) is 11.5 Å². The highest BCUT2D eigenvalue weighted by Crippen LogP contribution is 2.35. The molecule has 0 unspecified atom stereocenters. The Labute approximate surface area is 127 Å². The van der Waals surface area contributed by atoms with Gasteiger partial charge >= 0.3 is 5.69 Å². The number of nitro groups is 1. The van der Waals surface area contributed by atoms with Crippen LogP contribution in [0.5, 0.6) is 11.5 Å². The molecule has 0 saturated heterocycles. The van der Waals surface area contributed by atoms with E-state index >= 15 is 0 Å². The Hall–Kier alpha value is -1.30. The van der Waals surface area contributed by atoms with Crippen LogP contribution >= 0.6 is 39.1 Å². The largest absolute Gasteiger partial charge is 0.450 e. The summed E-state index contributed by atoms with van der Waals surface area (Å²) in [5, 5.41) is 11.6. The average molecular weight is 363 g/mol. The van der Waals surface area contributed by atoms with Gasteiger partial charge in [0.15, 0.2) is 0 Å². The molecule has 0 spiro atoms. The Balaban J connectivity index is 2.37. The van der Waals surface area contributed by atoms with E-state index in [1.54, 1.807) is 18.2 Å². The normalized spacial score (nSPS) is 10.3. The number of benzene rings is 2. The fourth-order valence-corrected chi connectivity index (χ4v) is 2.02. The highest BCUT2D eigenvalue weighted by Gasteiger charge is 2.16. The first-order valence-corrected chi connectivity index (χ1v) is 6.59. The molecule has 0 aliphatic rings. The van der Waals surface area contributed by atoms with Crippen LogP contribution in [0.2, 0.25) is 10.0 Å². The van der Waals surface area contributed by atoms with Crippen LogP contribution in [-0.2, 0) is 0 Å². The number of hydrogen-bond acceptors (Lipinski definition) is 3. The van der Waals surface area contributed by atoms with E-state index in [0.29, 0.717) is 20.3 Å². The van der Waals surface area contributed by atoms with Crippen LogP contribution in [0.3, 0.4) is 0 Å². The van der Waals surface area contributed by atoms with E-state index in [1.807, 2.05) is 0 Å². The number of halogens is 3. The molecule has 98 valence electrons. The van der Waals surface area contributed by atoms with Crippen LogP contribution in [-0.4, -0.2) is 4.92 Å². The molecule has 0 aliphatic carbocycles. The van der Waals surface area contributed by atoms with Crippen molar-refractivity contribution in [2.75, 3.05) is 0 Å². The van der Waals surface area contributed by atoms with Crippen LogP contribution < -0.4 is 4.74 Å². The molecule has 0 N–H and O–H groups in total. The SMILES string of the molecule is O=[N+]([O-])c1cc(Br)ccc1Oc1ccc(Cl)c(Cl)c1. The first-order valence-electron chi connectivity index (χ1n) is 5.04. The second kappa shape index (κ2) is 5.77. The van der Waals surface area contributed by atoms with Crippen molar-refractivity contribution in [2.24, 2.45) is 0 Å². The second-order valence-corrected chi connectivity index (χ2v) is 5.28. The standard InChI is InChI=1S/C12H6BrCl2NO3/c13-7-1-4-12(11(5-7)16(17)18)19-8-2-3-9(14)10(15)6-8/h1-6H. The van der Waals surface area contributed by atoms with Crippen LogP contribution in [0, 0.1) is 10.1 Å². The molecule has 19 heavy (non-hydrogen) atoms. The van der Waals surface area contributed by atoms with Crippen LogP contribution in [0.4, 0.5) is 5.69 Å². The van der Waals surface area contributed by atoms with Gasteiger partial charge in [0, 0.05) is 16.6 Å². The van der Waals surface area contributed by atoms with Gasteiger partial charge in [0.1, 0.15) is 5.75 Å². The van der Waals surface area contributed by atoms with Gasteiger partial charge in [0.25, 0.3) is 0 Å². The maximum Gasteiger partial charge on any atom is 0.312 e. The summed E-state index contributed by atoms with van der Waals surface area (Å²) in [6.45, 7) is 0. The Bertz CT molecular complexity index is 649. The van der Waals surface area contributed by atoms with E-state index < -0.39 is 4.92 Å². The molecule has 2 rings (SSSR count). The summed E-state index contributed by atoms with van der Waals surface area (Å²) < 4.78 is 6.05. The smallest absolute Gasteiger partial charge is 0.312 e. The summed E-state index contributed by atoms with van der Waals surface area (Å²) in [5.41, 5.74) is -0.138. The third kappa shape index (κ3) is 3.37. The molecule has 0 amide bonds. The van der Waals surface area contributed by atoms with E-state index in [4.69, 9.17) is 27.9 Å². The van der Waals surface area contributed by atoms with Gasteiger partial charge in [-0.3, -0.25) is 10.1 Å². The predicted octanol–water partition coefficient (Wildman–Crippen LogP) is 5.46. The molecule has 0 heterocycles. The summed E-state index contributed by atoms with van der Waals surface area (Å²) in [7, 11) is 0. The summed E-state index contributed by atoms with van der Waals surface area (Å²) in [6.07, 6.45) is 0. The average Bonchev–Trinajstić information content (AvgIpc) is 2.36. The Morgan fingerprint density at radius 3 is 2.47 bits per heavy atom. The maximum absolute atomic E-state index is 10.9. The third-order valence-corrected chi connectivity index (χ3v) is 3.47. The quantitative estimate of drug-likeness (QED) is 0.538. The first kappa shape index (κ1) is 14.1. The van der Waals surface area contributed by atoms with Crippen LogP contribution in [0.15, 0.2) is 40.9 Å². The van der Waals surface area contributed by atoms with E-state index in [2.05, 4.69) is 15.9 Å². The topological polar surface area (TPSA) is 52.4 Å². The first-order chi connectivity index (χ1) is 8.97. The molecule has 0 radical (unpaired) electrons. The molecule has 0 saturated carbocycles. The molecule has 0 atom stereocenters. The molecular weight excluding hydrogens is 357 g/mol. The molecule has 0 aliphatic heterocycles. The maximum atomic E-state index is 10.9. The molecule has 2 aromatic rings. The lowest BCUT2D eigenvalue weighted by molar-refractivity contribution is -0.385. The van der Waals surface area contributed by atoms with E-state index in [9.17, 15) is 10.1 Å². The van der Waals surface area contributed by atoms with Gasteiger partial charge in [-0.1, -0.05) is 39.1 Å². The van der Waals surface area contributed by atoms with Crippen molar-refractivity contribution in [3.63, 3.8) is 0 Å². The molecule has 0 fully saturated rings. The predicted molar refractivity (Wildman–Crippen MR) is 77.3 cm³/mol. The molecule has 4 nitrogen and oxygen atoms in total. The molecule has 7 heteroatoms. The molecule has 2 aromatic carbocycles. The Morgan fingerprint density at radius 2 is 1.84 bits per heavy atom. The van der Waals surface area contributed by atoms with Crippen LogP contribution in [0.25, 0.3) is 0 Å². The minimum absolute atomic E-state index is 0.131. The van der Waals surface area contributed by atoms with E-state index in [0.717, 1.165) is 0 Å². The zero-order chi connectivity index (χ0) is 14.0. The van der Waals surface area contributed by atoms with Gasteiger partial charge in [0.2, 0.25) is 5.75 Å². The van der Waals surface area contributed by atoms with Gasteiger partial charge in [-0.15, -0.1) is 0 Å². The highest BCUT2D eigenvalue weighted by molar-refractivity contribution is 9.10. The summed E-state index contributed by atoms with van der Waals surface area (Å²) >= 11 is 14.8. The third-order valence-electron chi connectivity index (χ3n) is 2.24. The highest BCUT2D eigenvalue weighted by atomic mass is 79.9. The van der Waals surface area contributed by atoms with Gasteiger partial charge in [0.05, 0.1) is 15.0 Å².